The molecular formula is C26H28N2O2. The van der Waals surface area contributed by atoms with E-state index in [-0.39, 0.29) is 17.7 Å². The van der Waals surface area contributed by atoms with Crippen LogP contribution in [-0.4, -0.2) is 36.3 Å². The lowest BCUT2D eigenvalue weighted by Gasteiger charge is -2.34. The monoisotopic (exact) mass is 400 g/mol. The predicted molar refractivity (Wildman–Crippen MR) is 122 cm³/mol. The average molecular weight is 401 g/mol. The van der Waals surface area contributed by atoms with Crippen LogP contribution in [0.1, 0.15) is 35.7 Å². The van der Waals surface area contributed by atoms with Crippen LogP contribution in [-0.2, 0) is 4.79 Å². The fraction of sp³-hybridized carbons (Fsp3) is 0.308. The summed E-state index contributed by atoms with van der Waals surface area (Å²) >= 11 is 0. The van der Waals surface area contributed by atoms with E-state index in [0.717, 1.165) is 27.6 Å². The summed E-state index contributed by atoms with van der Waals surface area (Å²) in [6, 6.07) is 21.9. The quantitative estimate of drug-likeness (QED) is 0.615. The number of carbonyl (C=O) groups is 2. The second-order valence-electron chi connectivity index (χ2n) is 7.96. The predicted octanol–water partition coefficient (Wildman–Crippen LogP) is 5.05. The van der Waals surface area contributed by atoms with Crippen LogP contribution in [0.5, 0.6) is 0 Å². The Morgan fingerprint density at radius 3 is 2.33 bits per heavy atom. The number of rotatable bonds is 4. The number of fused-ring (bicyclic) bond motifs is 1. The minimum absolute atomic E-state index is 0.0406. The van der Waals surface area contributed by atoms with Crippen LogP contribution in [0.3, 0.4) is 0 Å². The Hall–Kier alpha value is -3.14. The van der Waals surface area contributed by atoms with Gasteiger partial charge in [-0.15, -0.1) is 0 Å². The smallest absolute Gasteiger partial charge is 0.254 e. The van der Waals surface area contributed by atoms with Crippen molar-refractivity contribution in [1.82, 2.24) is 4.90 Å². The number of benzene rings is 3. The molecule has 0 aliphatic carbocycles. The lowest BCUT2D eigenvalue weighted by atomic mass is 9.93. The summed E-state index contributed by atoms with van der Waals surface area (Å²) in [4.78, 5) is 30.2. The third-order valence-corrected chi connectivity index (χ3v) is 6.14. The van der Waals surface area contributed by atoms with Gasteiger partial charge < -0.3 is 9.80 Å². The summed E-state index contributed by atoms with van der Waals surface area (Å²) < 4.78 is 0. The first-order chi connectivity index (χ1) is 14.6. The van der Waals surface area contributed by atoms with Crippen molar-refractivity contribution in [2.45, 2.75) is 26.7 Å². The van der Waals surface area contributed by atoms with E-state index in [1.54, 1.807) is 0 Å². The zero-order valence-electron chi connectivity index (χ0n) is 17.7. The van der Waals surface area contributed by atoms with Crippen LogP contribution in [0.15, 0.2) is 66.7 Å². The third-order valence-electron chi connectivity index (χ3n) is 6.14. The number of amides is 2. The molecule has 30 heavy (non-hydrogen) atoms. The van der Waals surface area contributed by atoms with E-state index in [0.29, 0.717) is 32.5 Å². The highest BCUT2D eigenvalue weighted by Crippen LogP contribution is 2.27. The largest absolute Gasteiger partial charge is 0.339 e. The van der Waals surface area contributed by atoms with Crippen molar-refractivity contribution < 1.29 is 9.59 Å². The molecule has 1 aliphatic heterocycles. The SMILES string of the molecule is CCN(C(=O)C1CCN(C(=O)c2cccc3ccccc23)CC1)c1ccccc1C. The van der Waals surface area contributed by atoms with Crippen LogP contribution in [0.4, 0.5) is 5.69 Å². The van der Waals surface area contributed by atoms with Crippen molar-refractivity contribution in [2.75, 3.05) is 24.5 Å². The molecule has 154 valence electrons. The molecule has 4 nitrogen and oxygen atoms in total. The number of likely N-dealkylation sites (tertiary alicyclic amines) is 1. The Morgan fingerprint density at radius 1 is 0.933 bits per heavy atom. The lowest BCUT2D eigenvalue weighted by molar-refractivity contribution is -0.123. The molecule has 3 aromatic rings. The summed E-state index contributed by atoms with van der Waals surface area (Å²) in [6.45, 7) is 5.94. The van der Waals surface area contributed by atoms with E-state index in [9.17, 15) is 9.59 Å². The summed E-state index contributed by atoms with van der Waals surface area (Å²) in [5.74, 6) is 0.189. The minimum Gasteiger partial charge on any atom is -0.339 e. The first-order valence-corrected chi connectivity index (χ1v) is 10.7. The van der Waals surface area contributed by atoms with Gasteiger partial charge in [0, 0.05) is 36.8 Å². The van der Waals surface area contributed by atoms with Crippen LogP contribution >= 0.6 is 0 Å². The molecule has 0 aromatic heterocycles. The Labute approximate surface area is 178 Å². The van der Waals surface area contributed by atoms with Crippen LogP contribution in [0, 0.1) is 12.8 Å². The van der Waals surface area contributed by atoms with Gasteiger partial charge in [-0.25, -0.2) is 0 Å². The number of anilines is 1. The summed E-state index contributed by atoms with van der Waals surface area (Å²) in [5.41, 5.74) is 2.84. The maximum Gasteiger partial charge on any atom is 0.254 e. The molecule has 4 rings (SSSR count). The molecule has 1 saturated heterocycles. The Bertz CT molecular complexity index is 1060. The molecular weight excluding hydrogens is 372 g/mol. The summed E-state index contributed by atoms with van der Waals surface area (Å²) in [7, 11) is 0. The number of aryl methyl sites for hydroxylation is 1. The van der Waals surface area contributed by atoms with Crippen LogP contribution in [0.2, 0.25) is 0 Å². The van der Waals surface area contributed by atoms with Crippen LogP contribution < -0.4 is 4.90 Å². The van der Waals surface area contributed by atoms with Gasteiger partial charge in [0.25, 0.3) is 5.91 Å². The fourth-order valence-electron chi connectivity index (χ4n) is 4.44. The van der Waals surface area contributed by atoms with Gasteiger partial charge in [0.1, 0.15) is 0 Å². The number of nitrogens with zero attached hydrogens (tertiary/aromatic N) is 2. The normalized spacial score (nSPS) is 14.7. The molecule has 0 N–H and O–H groups in total. The average Bonchev–Trinajstić information content (AvgIpc) is 2.80. The van der Waals surface area contributed by atoms with Crippen molar-refractivity contribution in [3.63, 3.8) is 0 Å². The van der Waals surface area contributed by atoms with E-state index < -0.39 is 0 Å². The highest BCUT2D eigenvalue weighted by atomic mass is 16.2. The van der Waals surface area contributed by atoms with Gasteiger partial charge >= 0.3 is 0 Å². The molecule has 0 radical (unpaired) electrons. The van der Waals surface area contributed by atoms with Crippen molar-refractivity contribution in [1.29, 1.82) is 0 Å². The molecule has 0 bridgehead atoms. The molecule has 0 saturated carbocycles. The second kappa shape index (κ2) is 8.70. The van der Waals surface area contributed by atoms with Gasteiger partial charge in [0.05, 0.1) is 0 Å². The highest BCUT2D eigenvalue weighted by molar-refractivity contribution is 6.07. The number of hydrogen-bond acceptors (Lipinski definition) is 2. The zero-order valence-corrected chi connectivity index (χ0v) is 17.7. The van der Waals surface area contributed by atoms with Crippen molar-refractivity contribution >= 4 is 28.3 Å². The van der Waals surface area contributed by atoms with E-state index >= 15 is 0 Å². The van der Waals surface area contributed by atoms with Gasteiger partial charge in [0.15, 0.2) is 0 Å². The first kappa shape index (κ1) is 20.1. The molecule has 3 aromatic carbocycles. The van der Waals surface area contributed by atoms with Gasteiger partial charge in [-0.3, -0.25) is 9.59 Å². The van der Waals surface area contributed by atoms with Crippen molar-refractivity contribution in [3.8, 4) is 0 Å². The lowest BCUT2D eigenvalue weighted by Crippen LogP contribution is -2.44. The number of piperidine rings is 1. The maximum absolute atomic E-state index is 13.2. The molecule has 1 heterocycles. The van der Waals surface area contributed by atoms with Gasteiger partial charge in [-0.1, -0.05) is 54.6 Å². The van der Waals surface area contributed by atoms with Crippen molar-refractivity contribution in [3.05, 3.63) is 77.9 Å². The van der Waals surface area contributed by atoms with Gasteiger partial charge in [0.2, 0.25) is 5.91 Å². The zero-order chi connectivity index (χ0) is 21.1. The van der Waals surface area contributed by atoms with E-state index in [1.807, 2.05) is 90.4 Å². The van der Waals surface area contributed by atoms with Gasteiger partial charge in [-0.05, 0) is 55.2 Å². The molecule has 1 aliphatic rings. The Morgan fingerprint density at radius 2 is 1.60 bits per heavy atom. The van der Waals surface area contributed by atoms with E-state index in [4.69, 9.17) is 0 Å². The van der Waals surface area contributed by atoms with Crippen molar-refractivity contribution in [2.24, 2.45) is 5.92 Å². The number of hydrogen-bond donors (Lipinski definition) is 0. The molecule has 0 unspecified atom stereocenters. The molecule has 0 atom stereocenters. The summed E-state index contributed by atoms with van der Waals surface area (Å²) in [6.07, 6.45) is 1.41. The highest BCUT2D eigenvalue weighted by Gasteiger charge is 2.31. The summed E-state index contributed by atoms with van der Waals surface area (Å²) in [5, 5.41) is 2.06. The molecule has 4 heteroatoms. The van der Waals surface area contributed by atoms with Crippen LogP contribution in [0.25, 0.3) is 10.8 Å². The van der Waals surface area contributed by atoms with E-state index in [2.05, 4.69) is 0 Å². The second-order valence-corrected chi connectivity index (χ2v) is 7.96. The molecule has 0 spiro atoms. The fourth-order valence-corrected chi connectivity index (χ4v) is 4.44. The Balaban J connectivity index is 1.46. The Kier molecular flexibility index (Phi) is 5.84. The molecule has 1 fully saturated rings. The third kappa shape index (κ3) is 3.82. The van der Waals surface area contributed by atoms with E-state index in [1.165, 1.54) is 0 Å². The number of carbonyl (C=O) groups excluding carboxylic acids is 2. The maximum atomic E-state index is 13.2. The standard InChI is InChI=1S/C26H28N2O2/c1-3-28(24-14-7-4-9-19(24)2)25(29)21-15-17-27(18-16-21)26(30)23-13-8-11-20-10-5-6-12-22(20)23/h4-14,21H,3,15-18H2,1-2H3. The minimum atomic E-state index is -0.0406. The molecule has 2 amide bonds. The number of para-hydroxylation sites is 1. The topological polar surface area (TPSA) is 40.6 Å². The van der Waals surface area contributed by atoms with Gasteiger partial charge in [-0.2, -0.15) is 0 Å². The first-order valence-electron chi connectivity index (χ1n) is 10.7.